The molecule has 0 aromatic heterocycles. The molecule has 0 aromatic carbocycles. The minimum Gasteiger partial charge on any atom is -0.366 e. The van der Waals surface area contributed by atoms with Gasteiger partial charge in [-0.3, -0.25) is 4.90 Å². The van der Waals surface area contributed by atoms with Crippen molar-refractivity contribution in [3.8, 4) is 0 Å². The molecule has 84 valence electrons. The minimum atomic E-state index is -4.10. The number of rotatable bonds is 4. The van der Waals surface area contributed by atoms with Gasteiger partial charge >= 0.3 is 6.18 Å². The molecule has 1 aliphatic heterocycles. The van der Waals surface area contributed by atoms with Gasteiger partial charge in [-0.25, -0.2) is 0 Å². The van der Waals surface area contributed by atoms with Crippen molar-refractivity contribution in [2.75, 3.05) is 26.4 Å². The summed E-state index contributed by atoms with van der Waals surface area (Å²) < 4.78 is 40.1. The summed E-state index contributed by atoms with van der Waals surface area (Å²) >= 11 is 0. The van der Waals surface area contributed by atoms with Gasteiger partial charge in [0.2, 0.25) is 0 Å². The standard InChI is InChI=1S/C9H16F3NO/c10-9(11,12)4-7-14-8-13-5-2-1-3-6-13/h1-8H2. The van der Waals surface area contributed by atoms with E-state index >= 15 is 0 Å². The average Bonchev–Trinajstić information content (AvgIpc) is 2.13. The normalized spacial score (nSPS) is 19.9. The molecule has 0 aliphatic carbocycles. The Bertz CT molecular complexity index is 155. The molecule has 0 amide bonds. The van der Waals surface area contributed by atoms with E-state index in [9.17, 15) is 13.2 Å². The lowest BCUT2D eigenvalue weighted by molar-refractivity contribution is -0.148. The molecule has 5 heteroatoms. The Labute approximate surface area is 82.0 Å². The molecule has 1 heterocycles. The van der Waals surface area contributed by atoms with Crippen LogP contribution in [-0.4, -0.2) is 37.5 Å². The highest BCUT2D eigenvalue weighted by Crippen LogP contribution is 2.19. The van der Waals surface area contributed by atoms with Crippen LogP contribution in [0.2, 0.25) is 0 Å². The van der Waals surface area contributed by atoms with Gasteiger partial charge in [0, 0.05) is 13.1 Å². The number of halogens is 3. The maximum absolute atomic E-state index is 11.7. The van der Waals surface area contributed by atoms with Crippen LogP contribution in [0.1, 0.15) is 25.7 Å². The van der Waals surface area contributed by atoms with Gasteiger partial charge in [-0.1, -0.05) is 6.42 Å². The smallest absolute Gasteiger partial charge is 0.366 e. The Hall–Kier alpha value is -0.290. The molecule has 0 aromatic rings. The topological polar surface area (TPSA) is 12.5 Å². The lowest BCUT2D eigenvalue weighted by Gasteiger charge is -2.25. The van der Waals surface area contributed by atoms with Crippen LogP contribution in [0.5, 0.6) is 0 Å². The highest BCUT2D eigenvalue weighted by Gasteiger charge is 2.26. The van der Waals surface area contributed by atoms with Gasteiger partial charge in [-0.15, -0.1) is 0 Å². The molecule has 0 N–H and O–H groups in total. The van der Waals surface area contributed by atoms with E-state index in [-0.39, 0.29) is 6.61 Å². The van der Waals surface area contributed by atoms with Crippen LogP contribution in [-0.2, 0) is 4.74 Å². The fourth-order valence-corrected chi connectivity index (χ4v) is 1.47. The molecule has 2 nitrogen and oxygen atoms in total. The van der Waals surface area contributed by atoms with Crippen LogP contribution in [0, 0.1) is 0 Å². The molecule has 1 saturated heterocycles. The van der Waals surface area contributed by atoms with E-state index in [2.05, 4.69) is 4.90 Å². The van der Waals surface area contributed by atoms with Crippen LogP contribution >= 0.6 is 0 Å². The summed E-state index contributed by atoms with van der Waals surface area (Å²) in [5.74, 6) is 0. The summed E-state index contributed by atoms with van der Waals surface area (Å²) in [5, 5.41) is 0. The Morgan fingerprint density at radius 1 is 1.07 bits per heavy atom. The quantitative estimate of drug-likeness (QED) is 0.662. The summed E-state index contributed by atoms with van der Waals surface area (Å²) in [6, 6.07) is 0. The second kappa shape index (κ2) is 5.56. The van der Waals surface area contributed by atoms with Gasteiger partial charge in [-0.2, -0.15) is 13.2 Å². The van der Waals surface area contributed by atoms with Crippen molar-refractivity contribution in [2.24, 2.45) is 0 Å². The number of ether oxygens (including phenoxy) is 1. The van der Waals surface area contributed by atoms with Crippen LogP contribution < -0.4 is 0 Å². The zero-order valence-electron chi connectivity index (χ0n) is 8.15. The second-order valence-electron chi connectivity index (χ2n) is 3.58. The Morgan fingerprint density at radius 2 is 1.71 bits per heavy atom. The first-order valence-corrected chi connectivity index (χ1v) is 4.95. The second-order valence-corrected chi connectivity index (χ2v) is 3.58. The molecule has 0 bridgehead atoms. The highest BCUT2D eigenvalue weighted by molar-refractivity contribution is 4.61. The number of likely N-dealkylation sites (tertiary alicyclic amines) is 1. The fourth-order valence-electron chi connectivity index (χ4n) is 1.47. The Balaban J connectivity index is 1.97. The van der Waals surface area contributed by atoms with Crippen molar-refractivity contribution in [3.05, 3.63) is 0 Å². The van der Waals surface area contributed by atoms with Crippen molar-refractivity contribution in [3.63, 3.8) is 0 Å². The Morgan fingerprint density at radius 3 is 2.29 bits per heavy atom. The van der Waals surface area contributed by atoms with Crippen LogP contribution in [0.25, 0.3) is 0 Å². The molecule has 0 radical (unpaired) electrons. The maximum Gasteiger partial charge on any atom is 0.391 e. The third kappa shape index (κ3) is 5.44. The SMILES string of the molecule is FC(F)(F)CCOCN1CCCCC1. The molecule has 0 saturated carbocycles. The fraction of sp³-hybridized carbons (Fsp3) is 1.00. The molecular weight excluding hydrogens is 195 g/mol. The lowest BCUT2D eigenvalue weighted by atomic mass is 10.1. The van der Waals surface area contributed by atoms with Crippen LogP contribution in [0.4, 0.5) is 13.2 Å². The summed E-state index contributed by atoms with van der Waals surface area (Å²) in [6.07, 6.45) is -1.47. The van der Waals surface area contributed by atoms with E-state index in [0.29, 0.717) is 6.73 Å². The number of piperidine rings is 1. The summed E-state index contributed by atoms with van der Waals surface area (Å²) in [4.78, 5) is 2.06. The molecule has 0 spiro atoms. The van der Waals surface area contributed by atoms with Crippen molar-refractivity contribution in [2.45, 2.75) is 31.9 Å². The summed E-state index contributed by atoms with van der Waals surface area (Å²) in [7, 11) is 0. The molecule has 1 rings (SSSR count). The highest BCUT2D eigenvalue weighted by atomic mass is 19.4. The van der Waals surface area contributed by atoms with E-state index in [1.165, 1.54) is 6.42 Å². The van der Waals surface area contributed by atoms with Gasteiger partial charge in [0.15, 0.2) is 0 Å². The predicted molar refractivity (Wildman–Crippen MR) is 46.9 cm³/mol. The van der Waals surface area contributed by atoms with Gasteiger partial charge in [0.25, 0.3) is 0 Å². The van der Waals surface area contributed by atoms with E-state index < -0.39 is 12.6 Å². The van der Waals surface area contributed by atoms with Crippen molar-refractivity contribution >= 4 is 0 Å². The first-order chi connectivity index (χ1) is 6.58. The lowest BCUT2D eigenvalue weighted by Crippen LogP contribution is -2.32. The average molecular weight is 211 g/mol. The van der Waals surface area contributed by atoms with E-state index in [1.807, 2.05) is 0 Å². The maximum atomic E-state index is 11.7. The third-order valence-corrected chi connectivity index (χ3v) is 2.25. The zero-order chi connectivity index (χ0) is 10.4. The number of alkyl halides is 3. The predicted octanol–water partition coefficient (Wildman–Crippen LogP) is 2.40. The largest absolute Gasteiger partial charge is 0.391 e. The number of hydrogen-bond donors (Lipinski definition) is 0. The minimum absolute atomic E-state index is 0.222. The van der Waals surface area contributed by atoms with Crippen molar-refractivity contribution < 1.29 is 17.9 Å². The number of nitrogens with zero attached hydrogens (tertiary/aromatic N) is 1. The van der Waals surface area contributed by atoms with Crippen LogP contribution in [0.15, 0.2) is 0 Å². The van der Waals surface area contributed by atoms with Crippen molar-refractivity contribution in [1.82, 2.24) is 4.90 Å². The first-order valence-electron chi connectivity index (χ1n) is 4.95. The number of hydrogen-bond acceptors (Lipinski definition) is 2. The molecule has 0 unspecified atom stereocenters. The first kappa shape index (κ1) is 11.8. The van der Waals surface area contributed by atoms with Gasteiger partial charge < -0.3 is 4.74 Å². The van der Waals surface area contributed by atoms with Crippen LogP contribution in [0.3, 0.4) is 0 Å². The monoisotopic (exact) mass is 211 g/mol. The molecule has 0 atom stereocenters. The summed E-state index contributed by atoms with van der Waals surface area (Å²) in [5.41, 5.74) is 0. The van der Waals surface area contributed by atoms with Crippen molar-refractivity contribution in [1.29, 1.82) is 0 Å². The Kier molecular flexibility index (Phi) is 4.68. The molecular formula is C9H16F3NO. The summed E-state index contributed by atoms with van der Waals surface area (Å²) in [6.45, 7) is 2.02. The van der Waals surface area contributed by atoms with E-state index in [1.54, 1.807) is 0 Å². The molecule has 1 fully saturated rings. The third-order valence-electron chi connectivity index (χ3n) is 2.25. The zero-order valence-corrected chi connectivity index (χ0v) is 8.15. The molecule has 1 aliphatic rings. The van der Waals surface area contributed by atoms with Gasteiger partial charge in [-0.05, 0) is 12.8 Å². The van der Waals surface area contributed by atoms with E-state index in [0.717, 1.165) is 25.9 Å². The van der Waals surface area contributed by atoms with E-state index in [4.69, 9.17) is 4.74 Å². The van der Waals surface area contributed by atoms with Gasteiger partial charge in [0.05, 0.1) is 19.8 Å². The molecule has 14 heavy (non-hydrogen) atoms. The van der Waals surface area contributed by atoms with Gasteiger partial charge in [0.1, 0.15) is 0 Å².